The fraction of sp³-hybridized carbons (Fsp3) is 0. The predicted octanol–water partition coefficient (Wildman–Crippen LogP) is 71.2. The van der Waals surface area contributed by atoms with Crippen LogP contribution in [-0.2, 0) is 0 Å². The lowest BCUT2D eigenvalue weighted by Crippen LogP contribution is -1.78. The molecule has 0 aliphatic heterocycles. The van der Waals surface area contributed by atoms with Crippen LogP contribution in [0.2, 0.25) is 0 Å². The van der Waals surface area contributed by atoms with Crippen LogP contribution in [0, 0.1) is 0 Å². The summed E-state index contributed by atoms with van der Waals surface area (Å²) in [5, 5.41) is 0. The van der Waals surface area contributed by atoms with E-state index in [-0.39, 0.29) is 0 Å². The summed E-state index contributed by atoms with van der Waals surface area (Å²) in [5.41, 5.74) is 0. The molecule has 0 bridgehead atoms. The summed E-state index contributed by atoms with van der Waals surface area (Å²) in [6, 6.07) is 0. The average molecular weight is 3840 g/mol. The van der Waals surface area contributed by atoms with Gasteiger partial charge in [0.25, 0.3) is 0 Å². The van der Waals surface area contributed by atoms with Crippen LogP contribution in [0.15, 0.2) is 0 Å². The van der Waals surface area contributed by atoms with Gasteiger partial charge in [0.05, 0.1) is 0 Å². The maximum atomic E-state index is 5.00. The fourth-order valence-electron chi connectivity index (χ4n) is 7.41. The first-order valence-electron chi connectivity index (χ1n) is 27.3. The molecule has 0 saturated carbocycles. The molecule has 0 rings (SSSR count). The van der Waals surface area contributed by atoms with E-state index in [0.717, 1.165) is 0 Å². The Hall–Kier alpha value is 51.6. The molecule has 0 N–H and O–H groups in total. The van der Waals surface area contributed by atoms with E-state index in [1.54, 1.807) is 0 Å². The highest BCUT2D eigenvalue weighted by Crippen LogP contribution is 3.57. The van der Waals surface area contributed by atoms with E-state index >= 15 is 0 Å². The zero-order chi connectivity index (χ0) is 95.1. The molecule has 0 aliphatic carbocycles. The topological polar surface area (TPSA) is 0 Å². The van der Waals surface area contributed by atoms with E-state index < -0.39 is 412 Å². The van der Waals surface area contributed by atoms with Crippen molar-refractivity contribution in [2.75, 3.05) is 0 Å². The molecule has 2 radical (unpaired) electrons. The van der Waals surface area contributed by atoms with Crippen molar-refractivity contribution in [2.24, 2.45) is 0 Å². The third-order valence-electron chi connectivity index (χ3n) is 10.7. The second kappa shape index (κ2) is 93.9. The standard InChI is InChI=1S/H120P120/c1-62(2)92(61)107(91(59)60)115(108(93(63(3)4)64(5)6)94(65(7)8)66(9)10)119(116(109(95(67(11)12)68(13)14)96(69(15)16)70(17)18)110(97(71(19)20)72(21)22)98(73(23)24)74(25)26)120(117(111(99(75(27)28)76(29)30)100(77(31)32)78(33)34)112(101(79(35)36)80(37)38)102(81(39)40)82(41)42)118(113(103(83(43)44)84(45)46)104(85(47)48)86(49)50)114(105(87(51)52)88(53)54)106(89(55)56)90(57)58/h1-2H,3-61H2. The molecule has 0 spiro atoms. The molecule has 0 aromatic rings. The molecular weight excluding hydrogens is 3720 g/mol. The van der Waals surface area contributed by atoms with E-state index in [2.05, 4.69) is 527 Å². The van der Waals surface area contributed by atoms with E-state index in [0.29, 0.717) is 0 Å². The van der Waals surface area contributed by atoms with Crippen LogP contribution in [0.4, 0.5) is 0 Å². The summed E-state index contributed by atoms with van der Waals surface area (Å²) in [6.07, 6.45) is 0. The van der Waals surface area contributed by atoms with Gasteiger partial charge in [-0.25, -0.2) is 0 Å². The molecule has 0 heterocycles. The summed E-state index contributed by atoms with van der Waals surface area (Å²) in [5.74, 6) is 0. The molecule has 63 unspecified atom stereocenters. The predicted molar refractivity (Wildman–Crippen MR) is 998 cm³/mol. The smallest absolute Gasteiger partial charge is 0.000000175 e. The van der Waals surface area contributed by atoms with E-state index in [4.69, 9.17) is 17.9 Å². The van der Waals surface area contributed by atoms with Crippen LogP contribution < -0.4 is 0 Å². The van der Waals surface area contributed by atoms with Crippen molar-refractivity contribution in [1.29, 1.82) is 0 Å². The highest BCUT2D eigenvalue weighted by Gasteiger charge is 2.70. The molecule has 63 atom stereocenters. The van der Waals surface area contributed by atoms with Crippen molar-refractivity contribution in [3.8, 4) is 0 Å². The number of hydrogen-bond acceptors (Lipinski definition) is 0. The molecule has 120 heteroatoms. The minimum absolute atomic E-state index is 0.513. The second-order valence-corrected chi connectivity index (χ2v) is 517. The lowest BCUT2D eigenvalue weighted by molar-refractivity contribution is 4.28. The summed E-state index contributed by atoms with van der Waals surface area (Å²) >= 11 is 0. The summed E-state index contributed by atoms with van der Waals surface area (Å²) in [4.78, 5) is 0. The molecular formula is H120P120. The quantitative estimate of drug-likeness (QED) is 0.0533. The number of rotatable bonds is 58. The van der Waals surface area contributed by atoms with Crippen LogP contribution in [0.5, 0.6) is 0 Å². The molecule has 0 aromatic carbocycles. The largest absolute Gasteiger partial charge is 0.102 e. The summed E-state index contributed by atoms with van der Waals surface area (Å²) in [6.45, 7) is -33.6. The number of hydrogen-bond donors (Lipinski definition) is 0. The van der Waals surface area contributed by atoms with Gasteiger partial charge in [-0.2, -0.15) is 0 Å². The van der Waals surface area contributed by atoms with Crippen molar-refractivity contribution in [3.05, 3.63) is 0 Å². The minimum atomic E-state index is -0.837. The van der Waals surface area contributed by atoms with Gasteiger partial charge in [0.15, 0.2) is 0 Å². The third-order valence-corrected chi connectivity index (χ3v) is 867. The molecule has 0 saturated heterocycles. The van der Waals surface area contributed by atoms with Crippen LogP contribution in [-0.4, -0.2) is 0 Å². The highest BCUT2D eigenvalue weighted by atomic mass is 33.7. The third kappa shape index (κ3) is 59.9. The molecule has 720 valence electrons. The lowest BCUT2D eigenvalue weighted by Gasteiger charge is -2.65. The highest BCUT2D eigenvalue weighted by molar-refractivity contribution is 9.63. The Morgan fingerprint density at radius 1 is 0.0750 bits per heavy atom. The Labute approximate surface area is 940 Å². The van der Waals surface area contributed by atoms with Gasteiger partial charge < -0.3 is 0 Å². The van der Waals surface area contributed by atoms with Gasteiger partial charge in [-0.1, -0.05) is 17.9 Å². The fourth-order valence-corrected chi connectivity index (χ4v) is 1800. The molecule has 0 nitrogen and oxygen atoms in total. The average Bonchev–Trinajstić information content (AvgIpc) is 0.701. The maximum Gasteiger partial charge on any atom is -0.000000175 e. The van der Waals surface area contributed by atoms with Gasteiger partial charge in [-0.05, 0) is 412 Å². The summed E-state index contributed by atoms with van der Waals surface area (Å²) in [7, 11) is 240. The van der Waals surface area contributed by atoms with Crippen molar-refractivity contribution in [3.63, 3.8) is 0 Å². The SMILES string of the molecule is [PH]P([PH])P(P)P(P(P)P)P(P(P(P(P)P)P(P)P)P(P(P)P)P(P)P)P(P(P(P(P(P)P)P(P)P)P(P(P)P)P(P)P)P(P(P(P)P)P(P)P)P(P(P)P)P(P)P)P(P(P(P(P(P)P)P(P)P)P(P(P)P)P(P)P)P(P(P(P)P)P(P)P)P(P(P)P)P(P)P)P(P(P(P(P)P)P(P)P)P(P(P)P)P(P)P)P(P(P(P)P)P(P)P)P(P(P)P)P(P)P. The zero-order valence-electron chi connectivity index (χ0n) is 61.4. The molecule has 0 fully saturated rings. The van der Waals surface area contributed by atoms with Crippen LogP contribution in [0.25, 0.3) is 0 Å². The van der Waals surface area contributed by atoms with Crippen molar-refractivity contribution >= 4 is 957 Å². The maximum absolute atomic E-state index is 5.00. The van der Waals surface area contributed by atoms with E-state index in [9.17, 15) is 0 Å². The van der Waals surface area contributed by atoms with Crippen LogP contribution >= 0.6 is 957 Å². The first-order chi connectivity index (χ1) is 54.6. The Morgan fingerprint density at radius 2 is 0.125 bits per heavy atom. The van der Waals surface area contributed by atoms with Gasteiger partial charge in [0.1, 0.15) is 0 Å². The van der Waals surface area contributed by atoms with E-state index in [1.165, 1.54) is 0 Å². The molecule has 0 aromatic heterocycles. The molecule has 0 aliphatic rings. The van der Waals surface area contributed by atoms with Gasteiger partial charge in [0, 0.05) is 0 Å². The second-order valence-electron chi connectivity index (χ2n) is 19.2. The first kappa shape index (κ1) is 172. The first-order valence-corrected chi connectivity index (χ1v) is 246. The van der Waals surface area contributed by atoms with Gasteiger partial charge in [0.2, 0.25) is 0 Å². The van der Waals surface area contributed by atoms with Crippen LogP contribution in [0.3, 0.4) is 0 Å². The minimum Gasteiger partial charge on any atom is -0.102 e. The Morgan fingerprint density at radius 3 is 0.175 bits per heavy atom. The van der Waals surface area contributed by atoms with Crippen molar-refractivity contribution < 1.29 is 0 Å². The van der Waals surface area contributed by atoms with Gasteiger partial charge in [-0.15, -0.1) is 527 Å². The Balaban J connectivity index is 16.6. The van der Waals surface area contributed by atoms with E-state index in [1.807, 2.05) is 0 Å². The lowest BCUT2D eigenvalue weighted by atomic mass is 28.3. The molecule has 120 heavy (non-hydrogen) atoms. The van der Waals surface area contributed by atoms with Crippen molar-refractivity contribution in [2.45, 2.75) is 0 Å². The van der Waals surface area contributed by atoms with Crippen molar-refractivity contribution in [1.82, 2.24) is 0 Å². The molecule has 0 amide bonds. The van der Waals surface area contributed by atoms with Crippen LogP contribution in [0.1, 0.15) is 0 Å². The Kier molecular flexibility index (Phi) is 134. The monoisotopic (exact) mass is 3840 g/mol. The van der Waals surface area contributed by atoms with Gasteiger partial charge in [-0.3, -0.25) is 0 Å². The normalized spacial score (nSPS) is 15.7. The zero-order valence-corrected chi connectivity index (χ0v) is 184. The Bertz CT molecular complexity index is 2110. The van der Waals surface area contributed by atoms with Gasteiger partial charge >= 0.3 is 0 Å². The summed E-state index contributed by atoms with van der Waals surface area (Å²) < 4.78 is 0.